The van der Waals surface area contributed by atoms with Crippen LogP contribution < -0.4 is 26.0 Å². The van der Waals surface area contributed by atoms with E-state index in [9.17, 15) is 45.3 Å². The van der Waals surface area contributed by atoms with Crippen LogP contribution in [-0.4, -0.2) is 39.9 Å². The highest BCUT2D eigenvalue weighted by molar-refractivity contribution is 5.94. The number of esters is 1. The molecule has 46 heavy (non-hydrogen) atoms. The lowest BCUT2D eigenvalue weighted by atomic mass is 10.1. The second-order valence-electron chi connectivity index (χ2n) is 9.51. The maximum Gasteiger partial charge on any atom is 0.337 e. The monoisotopic (exact) mass is 632 g/mol. The highest BCUT2D eigenvalue weighted by Gasteiger charge is 2.28. The number of carbonyl (C=O) groups is 1. The highest BCUT2D eigenvalue weighted by Crippen LogP contribution is 2.43. The number of methoxy groups -OCH3 is 2. The second-order valence-corrected chi connectivity index (χ2v) is 9.51. The zero-order chi connectivity index (χ0) is 33.3. The molecule has 0 saturated heterocycles. The summed E-state index contributed by atoms with van der Waals surface area (Å²) >= 11 is 0. The molecule has 0 unspecified atom stereocenters. The van der Waals surface area contributed by atoms with Crippen LogP contribution in [0.1, 0.15) is 10.4 Å². The summed E-state index contributed by atoms with van der Waals surface area (Å²) in [4.78, 5) is 57.2. The van der Waals surface area contributed by atoms with Crippen molar-refractivity contribution in [3.05, 3.63) is 107 Å². The van der Waals surface area contributed by atoms with Crippen molar-refractivity contribution in [3.8, 4) is 5.75 Å². The zero-order valence-corrected chi connectivity index (χ0v) is 23.6. The van der Waals surface area contributed by atoms with E-state index in [0.717, 1.165) is 31.4 Å². The number of benzene rings is 4. The van der Waals surface area contributed by atoms with Gasteiger partial charge in [-0.15, -0.1) is 0 Å². The second kappa shape index (κ2) is 11.9. The largest absolute Gasteiger partial charge is 0.495 e. The number of nitrogens with one attached hydrogen (secondary N) is 4. The summed E-state index contributed by atoms with van der Waals surface area (Å²) < 4.78 is 10.2. The summed E-state index contributed by atoms with van der Waals surface area (Å²) in [5, 5.41) is 59.2. The third-order valence-electron chi connectivity index (χ3n) is 6.67. The fourth-order valence-electron chi connectivity index (χ4n) is 4.66. The Labute approximate surface area is 256 Å². The predicted molar refractivity (Wildman–Crippen MR) is 163 cm³/mol. The smallest absolute Gasteiger partial charge is 0.337 e. The molecule has 0 aliphatic carbocycles. The molecule has 0 spiro atoms. The average Bonchev–Trinajstić information content (AvgIpc) is 2.99. The van der Waals surface area contributed by atoms with Gasteiger partial charge in [0.1, 0.15) is 28.5 Å². The van der Waals surface area contributed by atoms with Crippen LogP contribution in [0, 0.1) is 40.5 Å². The minimum atomic E-state index is -0.840. The van der Waals surface area contributed by atoms with Crippen LogP contribution in [0.3, 0.4) is 0 Å². The molecule has 8 bridgehead atoms. The van der Waals surface area contributed by atoms with Crippen molar-refractivity contribution in [1.82, 2.24) is 0 Å². The Morgan fingerprint density at radius 3 is 1.39 bits per heavy atom. The number of ether oxygens (including phenoxy) is 2. The van der Waals surface area contributed by atoms with Crippen molar-refractivity contribution in [3.63, 3.8) is 0 Å². The lowest BCUT2D eigenvalue weighted by Gasteiger charge is -2.17. The van der Waals surface area contributed by atoms with Crippen molar-refractivity contribution in [1.29, 1.82) is 0 Å². The van der Waals surface area contributed by atoms with Gasteiger partial charge in [0.05, 0.1) is 57.3 Å². The maximum absolute atomic E-state index is 12.5. The fourth-order valence-corrected chi connectivity index (χ4v) is 4.66. The molecule has 0 radical (unpaired) electrons. The van der Waals surface area contributed by atoms with E-state index in [1.165, 1.54) is 43.5 Å². The van der Waals surface area contributed by atoms with E-state index in [2.05, 4.69) is 21.3 Å². The van der Waals surface area contributed by atoms with E-state index in [4.69, 9.17) is 9.47 Å². The van der Waals surface area contributed by atoms with Gasteiger partial charge in [0.25, 0.3) is 22.7 Å². The molecule has 1 aliphatic heterocycles. The van der Waals surface area contributed by atoms with Crippen molar-refractivity contribution in [2.24, 2.45) is 0 Å². The topological polar surface area (TPSA) is 256 Å². The normalized spacial score (nSPS) is 11.4. The first kappa shape index (κ1) is 30.4. The molecule has 4 N–H and O–H groups in total. The molecule has 5 rings (SSSR count). The van der Waals surface area contributed by atoms with Gasteiger partial charge in [-0.2, -0.15) is 0 Å². The summed E-state index contributed by atoms with van der Waals surface area (Å²) in [6.45, 7) is 0. The Morgan fingerprint density at radius 1 is 0.543 bits per heavy atom. The number of hydrogen-bond acceptors (Lipinski definition) is 15. The molecule has 0 saturated carbocycles. The van der Waals surface area contributed by atoms with Gasteiger partial charge in [0, 0.05) is 17.1 Å². The van der Waals surface area contributed by atoms with Crippen molar-refractivity contribution >= 4 is 74.2 Å². The summed E-state index contributed by atoms with van der Waals surface area (Å²) in [5.74, 6) is -0.669. The lowest BCUT2D eigenvalue weighted by Crippen LogP contribution is -2.07. The van der Waals surface area contributed by atoms with E-state index in [1.54, 1.807) is 0 Å². The quantitative estimate of drug-likeness (QED) is 0.0896. The molecule has 0 amide bonds. The molecule has 0 fully saturated rings. The van der Waals surface area contributed by atoms with Gasteiger partial charge < -0.3 is 30.7 Å². The number of rotatable bonds is 6. The van der Waals surface area contributed by atoms with Crippen LogP contribution in [0.4, 0.5) is 68.2 Å². The standard InChI is InChI=1S/C27H20N8O11/c1-45-26-4-3-14-8-21(26)31-20-10-19(24(34(41)42)12-25(20)35(43)44)30-16-6-13(27(36)46-2)5-15(7-16)29-18-9-17(28-14)22(32(37)38)11-23(18)33(39)40/h3-12,28-31H,1-2H3. The van der Waals surface area contributed by atoms with Crippen LogP contribution in [0.15, 0.2) is 60.7 Å². The van der Waals surface area contributed by atoms with Crippen molar-refractivity contribution in [2.45, 2.75) is 0 Å². The van der Waals surface area contributed by atoms with E-state index in [1.807, 2.05) is 0 Å². The predicted octanol–water partition coefficient (Wildman–Crippen LogP) is 6.40. The van der Waals surface area contributed by atoms with Gasteiger partial charge >= 0.3 is 5.97 Å². The van der Waals surface area contributed by atoms with Crippen molar-refractivity contribution in [2.75, 3.05) is 35.5 Å². The van der Waals surface area contributed by atoms with Gasteiger partial charge in [-0.05, 0) is 48.5 Å². The van der Waals surface area contributed by atoms with Gasteiger partial charge in [0.15, 0.2) is 0 Å². The first-order valence-electron chi connectivity index (χ1n) is 12.8. The van der Waals surface area contributed by atoms with Crippen LogP contribution in [0.2, 0.25) is 0 Å². The number of anilines is 8. The summed E-state index contributed by atoms with van der Waals surface area (Å²) in [5.41, 5.74) is -3.22. The molecule has 234 valence electrons. The number of carbonyl (C=O) groups excluding carboxylic acids is 1. The average molecular weight is 633 g/mol. The van der Waals surface area contributed by atoms with Gasteiger partial charge in [-0.1, -0.05) is 0 Å². The first-order valence-corrected chi connectivity index (χ1v) is 12.8. The Bertz CT molecular complexity index is 1980. The van der Waals surface area contributed by atoms with Gasteiger partial charge in [-0.3, -0.25) is 40.5 Å². The van der Waals surface area contributed by atoms with E-state index in [0.29, 0.717) is 0 Å². The number of nitrogens with zero attached hydrogens (tertiary/aromatic N) is 4. The van der Waals surface area contributed by atoms with E-state index in [-0.39, 0.29) is 56.8 Å². The minimum absolute atomic E-state index is 0.0305. The summed E-state index contributed by atoms with van der Waals surface area (Å²) in [6, 6.07) is 11.9. The molecule has 0 atom stereocenters. The third kappa shape index (κ3) is 5.90. The van der Waals surface area contributed by atoms with Gasteiger partial charge in [-0.25, -0.2) is 4.79 Å². The Kier molecular flexibility index (Phi) is 7.88. The molecular formula is C27H20N8O11. The van der Waals surface area contributed by atoms with Crippen LogP contribution in [-0.2, 0) is 4.74 Å². The molecule has 19 heteroatoms. The Hall–Kier alpha value is -7.05. The number of hydrogen-bond donors (Lipinski definition) is 4. The summed E-state index contributed by atoms with van der Waals surface area (Å²) in [6.07, 6.45) is 0. The Balaban J connectivity index is 1.84. The number of fused-ring (bicyclic) bond motifs is 8. The highest BCUT2D eigenvalue weighted by atomic mass is 16.6. The lowest BCUT2D eigenvalue weighted by molar-refractivity contribution is -0.393. The third-order valence-corrected chi connectivity index (χ3v) is 6.67. The number of nitro groups is 4. The molecular weight excluding hydrogens is 612 g/mol. The zero-order valence-electron chi connectivity index (χ0n) is 23.6. The van der Waals surface area contributed by atoms with E-state index >= 15 is 0 Å². The molecule has 1 aliphatic rings. The Morgan fingerprint density at radius 2 is 0.978 bits per heavy atom. The van der Waals surface area contributed by atoms with Crippen LogP contribution in [0.25, 0.3) is 0 Å². The van der Waals surface area contributed by atoms with E-state index < -0.39 is 48.4 Å². The molecule has 4 aromatic carbocycles. The summed E-state index contributed by atoms with van der Waals surface area (Å²) in [7, 11) is 2.43. The molecule has 19 nitrogen and oxygen atoms in total. The van der Waals surface area contributed by atoms with Crippen LogP contribution in [0.5, 0.6) is 5.75 Å². The van der Waals surface area contributed by atoms with Crippen molar-refractivity contribution < 1.29 is 34.0 Å². The van der Waals surface area contributed by atoms with Gasteiger partial charge in [0.2, 0.25) is 0 Å². The number of nitro benzene ring substituents is 4. The SMILES string of the molecule is COC(=O)c1cc2cc(c1)Nc1cc(c([N+](=O)[O-])cc1[N+](=O)[O-])Nc1cc(ccc1OC)Nc1cc(c([N+](=O)[O-])cc1[N+](=O)[O-])N2. The molecule has 0 aromatic heterocycles. The minimum Gasteiger partial charge on any atom is -0.495 e. The first-order chi connectivity index (χ1) is 21.9. The fraction of sp³-hybridized carbons (Fsp3) is 0.0741. The molecule has 1 heterocycles. The maximum atomic E-state index is 12.5. The van der Waals surface area contributed by atoms with Crippen LogP contribution >= 0.6 is 0 Å². The molecule has 4 aromatic rings.